The summed E-state index contributed by atoms with van der Waals surface area (Å²) in [5, 5.41) is 7.32. The van der Waals surface area contributed by atoms with Crippen LogP contribution < -0.4 is 5.32 Å². The molecular formula is C12H13ClN4O2. The zero-order chi connectivity index (χ0) is 13.4. The number of aryl methyl sites for hydroxylation is 1. The minimum atomic E-state index is -0.386. The summed E-state index contributed by atoms with van der Waals surface area (Å²) in [6.45, 7) is 2.49. The van der Waals surface area contributed by atoms with Crippen molar-refractivity contribution < 1.29 is 9.53 Å². The Morgan fingerprint density at radius 1 is 1.58 bits per heavy atom. The number of anilines is 1. The minimum Gasteiger partial charge on any atom is -0.368 e. The van der Waals surface area contributed by atoms with Crippen LogP contribution in [0.3, 0.4) is 0 Å². The molecule has 1 atom stereocenters. The maximum atomic E-state index is 11.9. The highest BCUT2D eigenvalue weighted by Gasteiger charge is 2.24. The fraction of sp³-hybridized carbons (Fsp3) is 0.417. The minimum absolute atomic E-state index is 0.179. The molecule has 1 aliphatic rings. The van der Waals surface area contributed by atoms with Crippen LogP contribution in [0.15, 0.2) is 12.1 Å². The van der Waals surface area contributed by atoms with Gasteiger partial charge in [0.15, 0.2) is 5.65 Å². The van der Waals surface area contributed by atoms with Crippen molar-refractivity contribution in [2.24, 2.45) is 0 Å². The molecule has 0 radical (unpaired) electrons. The summed E-state index contributed by atoms with van der Waals surface area (Å²) in [7, 11) is 0. The average Bonchev–Trinajstić information content (AvgIpc) is 2.97. The van der Waals surface area contributed by atoms with Crippen LogP contribution in [-0.2, 0) is 9.53 Å². The Balaban J connectivity index is 1.86. The Morgan fingerprint density at radius 2 is 2.42 bits per heavy atom. The van der Waals surface area contributed by atoms with Gasteiger partial charge in [-0.1, -0.05) is 11.6 Å². The van der Waals surface area contributed by atoms with Crippen LogP contribution in [-0.4, -0.2) is 33.2 Å². The van der Waals surface area contributed by atoms with E-state index in [-0.39, 0.29) is 12.0 Å². The Bertz CT molecular complexity index is 634. The highest BCUT2D eigenvalue weighted by molar-refractivity contribution is 6.30. The second kappa shape index (κ2) is 4.79. The second-order valence-electron chi connectivity index (χ2n) is 4.51. The van der Waals surface area contributed by atoms with Crippen molar-refractivity contribution >= 4 is 29.0 Å². The lowest BCUT2D eigenvalue weighted by Gasteiger charge is -2.10. The highest BCUT2D eigenvalue weighted by atomic mass is 35.5. The number of carbonyl (C=O) groups is 1. The molecule has 19 heavy (non-hydrogen) atoms. The third kappa shape index (κ3) is 2.41. The summed E-state index contributed by atoms with van der Waals surface area (Å²) < 4.78 is 6.84. The van der Waals surface area contributed by atoms with Crippen LogP contribution in [0.5, 0.6) is 0 Å². The van der Waals surface area contributed by atoms with Crippen LogP contribution in [0.1, 0.15) is 18.5 Å². The number of nitrogens with one attached hydrogen (secondary N) is 1. The number of aromatic nitrogens is 3. The number of carbonyl (C=O) groups excluding carboxylic acids is 1. The maximum Gasteiger partial charge on any atom is 0.254 e. The number of amides is 1. The summed E-state index contributed by atoms with van der Waals surface area (Å²) in [4.78, 5) is 16.2. The van der Waals surface area contributed by atoms with Gasteiger partial charge in [-0.05, 0) is 19.8 Å². The molecule has 0 bridgehead atoms. The molecule has 1 N–H and O–H groups in total. The largest absolute Gasteiger partial charge is 0.368 e. The van der Waals surface area contributed by atoms with Crippen molar-refractivity contribution in [1.82, 2.24) is 14.6 Å². The zero-order valence-electron chi connectivity index (χ0n) is 10.4. The molecule has 1 fully saturated rings. The van der Waals surface area contributed by atoms with E-state index in [2.05, 4.69) is 15.4 Å². The Labute approximate surface area is 114 Å². The molecule has 0 saturated carbocycles. The standard InChI is InChI=1S/C12H13ClN4O2/c1-7-5-11-14-10(6-9(13)17(11)16-7)15-12(18)8-3-2-4-19-8/h5-6,8H,2-4H2,1H3,(H,14,15,18)/t8-/m1/s1. The summed E-state index contributed by atoms with van der Waals surface area (Å²) in [6.07, 6.45) is 1.27. The quantitative estimate of drug-likeness (QED) is 0.852. The van der Waals surface area contributed by atoms with Crippen molar-refractivity contribution in [1.29, 1.82) is 0 Å². The van der Waals surface area contributed by atoms with Gasteiger partial charge < -0.3 is 10.1 Å². The van der Waals surface area contributed by atoms with Gasteiger partial charge in [0, 0.05) is 18.7 Å². The molecular weight excluding hydrogens is 268 g/mol. The molecule has 0 aliphatic carbocycles. The van der Waals surface area contributed by atoms with Crippen molar-refractivity contribution in [2.45, 2.75) is 25.9 Å². The summed E-state index contributed by atoms with van der Waals surface area (Å²) >= 11 is 6.10. The van der Waals surface area contributed by atoms with E-state index in [9.17, 15) is 4.79 Å². The number of nitrogens with zero attached hydrogens (tertiary/aromatic N) is 3. The van der Waals surface area contributed by atoms with Gasteiger partial charge in [0.1, 0.15) is 17.1 Å². The molecule has 100 valence electrons. The van der Waals surface area contributed by atoms with E-state index < -0.39 is 0 Å². The summed E-state index contributed by atoms with van der Waals surface area (Å²) in [5.74, 6) is 0.236. The van der Waals surface area contributed by atoms with Gasteiger partial charge in [0.05, 0.1) is 5.69 Å². The SMILES string of the molecule is Cc1cc2nc(NC(=O)[C@H]3CCCO3)cc(Cl)n2n1. The van der Waals surface area contributed by atoms with E-state index in [4.69, 9.17) is 16.3 Å². The first kappa shape index (κ1) is 12.4. The second-order valence-corrected chi connectivity index (χ2v) is 4.90. The van der Waals surface area contributed by atoms with E-state index in [1.54, 1.807) is 12.1 Å². The number of hydrogen-bond donors (Lipinski definition) is 1. The van der Waals surface area contributed by atoms with Crippen LogP contribution in [0.2, 0.25) is 5.15 Å². The van der Waals surface area contributed by atoms with Gasteiger partial charge in [-0.2, -0.15) is 5.10 Å². The lowest BCUT2D eigenvalue weighted by atomic mass is 10.2. The van der Waals surface area contributed by atoms with Crippen molar-refractivity contribution in [3.63, 3.8) is 0 Å². The third-order valence-corrected chi connectivity index (χ3v) is 3.25. The Hall–Kier alpha value is -1.66. The normalized spacial score (nSPS) is 18.9. The molecule has 3 rings (SSSR count). The average molecular weight is 281 g/mol. The predicted octanol–water partition coefficient (Wildman–Crippen LogP) is 1.81. The monoisotopic (exact) mass is 280 g/mol. The van der Waals surface area contributed by atoms with Crippen LogP contribution in [0.4, 0.5) is 5.82 Å². The molecule has 7 heteroatoms. The van der Waals surface area contributed by atoms with E-state index in [0.717, 1.165) is 18.5 Å². The molecule has 0 aromatic carbocycles. The number of halogens is 1. The molecule has 1 aliphatic heterocycles. The first-order chi connectivity index (χ1) is 9.13. The first-order valence-electron chi connectivity index (χ1n) is 6.09. The van der Waals surface area contributed by atoms with E-state index in [1.807, 2.05) is 6.92 Å². The van der Waals surface area contributed by atoms with Crippen LogP contribution in [0, 0.1) is 6.92 Å². The molecule has 6 nitrogen and oxygen atoms in total. The molecule has 3 heterocycles. The van der Waals surface area contributed by atoms with Crippen LogP contribution in [0.25, 0.3) is 5.65 Å². The van der Waals surface area contributed by atoms with Crippen LogP contribution >= 0.6 is 11.6 Å². The number of rotatable bonds is 2. The molecule has 0 spiro atoms. The lowest BCUT2D eigenvalue weighted by molar-refractivity contribution is -0.124. The summed E-state index contributed by atoms with van der Waals surface area (Å²) in [5.41, 5.74) is 1.42. The van der Waals surface area contributed by atoms with Gasteiger partial charge >= 0.3 is 0 Å². The van der Waals surface area contributed by atoms with E-state index in [1.165, 1.54) is 4.52 Å². The molecule has 2 aromatic heterocycles. The number of fused-ring (bicyclic) bond motifs is 1. The number of ether oxygens (including phenoxy) is 1. The van der Waals surface area contributed by atoms with Gasteiger partial charge in [0.2, 0.25) is 0 Å². The Kier molecular flexibility index (Phi) is 3.12. The molecule has 2 aromatic rings. The first-order valence-corrected chi connectivity index (χ1v) is 6.47. The van der Waals surface area contributed by atoms with E-state index >= 15 is 0 Å². The fourth-order valence-electron chi connectivity index (χ4n) is 2.11. The summed E-state index contributed by atoms with van der Waals surface area (Å²) in [6, 6.07) is 3.38. The van der Waals surface area contributed by atoms with Gasteiger partial charge in [-0.3, -0.25) is 4.79 Å². The van der Waals surface area contributed by atoms with Crippen molar-refractivity contribution in [3.05, 3.63) is 23.0 Å². The third-order valence-electron chi connectivity index (χ3n) is 2.98. The lowest BCUT2D eigenvalue weighted by Crippen LogP contribution is -2.27. The highest BCUT2D eigenvalue weighted by Crippen LogP contribution is 2.19. The fourth-order valence-corrected chi connectivity index (χ4v) is 2.34. The smallest absolute Gasteiger partial charge is 0.254 e. The van der Waals surface area contributed by atoms with Gasteiger partial charge in [-0.15, -0.1) is 0 Å². The Morgan fingerprint density at radius 3 is 3.16 bits per heavy atom. The molecule has 1 saturated heterocycles. The van der Waals surface area contributed by atoms with Crippen molar-refractivity contribution in [2.75, 3.05) is 11.9 Å². The van der Waals surface area contributed by atoms with Gasteiger partial charge in [0.25, 0.3) is 5.91 Å². The molecule has 0 unspecified atom stereocenters. The predicted molar refractivity (Wildman–Crippen MR) is 70.3 cm³/mol. The zero-order valence-corrected chi connectivity index (χ0v) is 11.1. The van der Waals surface area contributed by atoms with Crippen molar-refractivity contribution in [3.8, 4) is 0 Å². The van der Waals surface area contributed by atoms with E-state index in [0.29, 0.717) is 23.2 Å². The topological polar surface area (TPSA) is 68.5 Å². The van der Waals surface area contributed by atoms with Gasteiger partial charge in [-0.25, -0.2) is 9.50 Å². The number of hydrogen-bond acceptors (Lipinski definition) is 4. The molecule has 1 amide bonds. The maximum absolute atomic E-state index is 11.9.